The molecule has 1 aromatic carbocycles. The number of phenols is 1. The molecule has 1 N–H and O–H groups in total. The highest BCUT2D eigenvalue weighted by Gasteiger charge is 2.25. The first-order valence-electron chi connectivity index (χ1n) is 7.63. The second-order valence-electron chi connectivity index (χ2n) is 5.76. The normalized spacial score (nSPS) is 18.1. The number of aromatic nitrogens is 2. The van der Waals surface area contributed by atoms with E-state index in [0.29, 0.717) is 11.8 Å². The molecule has 20 heavy (non-hydrogen) atoms. The molecule has 4 heteroatoms. The summed E-state index contributed by atoms with van der Waals surface area (Å²) in [5.74, 6) is 0.330. The van der Waals surface area contributed by atoms with Gasteiger partial charge in [0.1, 0.15) is 5.75 Å². The summed E-state index contributed by atoms with van der Waals surface area (Å²) in [6.45, 7) is 7.77. The minimum Gasteiger partial charge on any atom is -0.508 e. The van der Waals surface area contributed by atoms with Crippen molar-refractivity contribution in [1.29, 1.82) is 0 Å². The molecule has 0 saturated carbocycles. The van der Waals surface area contributed by atoms with Crippen LogP contribution in [0.5, 0.6) is 5.75 Å². The molecule has 1 aliphatic heterocycles. The topological polar surface area (TPSA) is 41.3 Å². The van der Waals surface area contributed by atoms with Gasteiger partial charge >= 0.3 is 0 Å². The molecule has 1 aromatic heterocycles. The van der Waals surface area contributed by atoms with Gasteiger partial charge in [0.2, 0.25) is 0 Å². The third-order valence-corrected chi connectivity index (χ3v) is 4.18. The van der Waals surface area contributed by atoms with E-state index >= 15 is 0 Å². The van der Waals surface area contributed by atoms with Gasteiger partial charge in [0.15, 0.2) is 0 Å². The Labute approximate surface area is 120 Å². The van der Waals surface area contributed by atoms with Crippen molar-refractivity contribution in [2.24, 2.45) is 0 Å². The van der Waals surface area contributed by atoms with Crippen LogP contribution in [0.2, 0.25) is 0 Å². The maximum absolute atomic E-state index is 9.84. The van der Waals surface area contributed by atoms with E-state index in [1.807, 2.05) is 12.4 Å². The maximum atomic E-state index is 9.84. The molecular weight excluding hydrogens is 250 g/mol. The number of hydrogen-bond donors (Lipinski definition) is 1. The van der Waals surface area contributed by atoms with E-state index in [-0.39, 0.29) is 0 Å². The Morgan fingerprint density at radius 1 is 1.30 bits per heavy atom. The minimum absolute atomic E-state index is 0.330. The number of imidazole rings is 1. The second kappa shape index (κ2) is 5.44. The molecule has 0 amide bonds. The summed E-state index contributed by atoms with van der Waals surface area (Å²) in [5, 5.41) is 9.84. The molecule has 4 nitrogen and oxygen atoms in total. The number of aromatic hydroxyl groups is 1. The number of nitrogens with zero attached hydrogens (tertiary/aromatic N) is 3. The van der Waals surface area contributed by atoms with Crippen LogP contribution >= 0.6 is 0 Å². The largest absolute Gasteiger partial charge is 0.508 e. The molecular formula is C16H23N3O. The zero-order valence-corrected chi connectivity index (χ0v) is 12.3. The Bertz CT molecular complexity index is 599. The molecule has 108 valence electrons. The SMILES string of the molecule is CCCN(CCC)C1Cc2cc(O)cc3ncn(c23)C1. The maximum Gasteiger partial charge on any atom is 0.118 e. The van der Waals surface area contributed by atoms with Crippen LogP contribution in [0, 0.1) is 0 Å². The zero-order chi connectivity index (χ0) is 14.1. The van der Waals surface area contributed by atoms with E-state index in [1.165, 1.54) is 23.9 Å². The van der Waals surface area contributed by atoms with Gasteiger partial charge in [0.05, 0.1) is 17.4 Å². The van der Waals surface area contributed by atoms with Crippen molar-refractivity contribution in [2.75, 3.05) is 13.1 Å². The van der Waals surface area contributed by atoms with Crippen molar-refractivity contribution in [3.63, 3.8) is 0 Å². The van der Waals surface area contributed by atoms with Crippen molar-refractivity contribution in [1.82, 2.24) is 14.5 Å². The van der Waals surface area contributed by atoms with Gasteiger partial charge < -0.3 is 9.67 Å². The highest BCUT2D eigenvalue weighted by atomic mass is 16.3. The van der Waals surface area contributed by atoms with Gasteiger partial charge in [-0.1, -0.05) is 13.8 Å². The van der Waals surface area contributed by atoms with Crippen LogP contribution in [0.1, 0.15) is 32.3 Å². The lowest BCUT2D eigenvalue weighted by Crippen LogP contribution is -2.42. The molecule has 0 aliphatic carbocycles. The van der Waals surface area contributed by atoms with E-state index in [2.05, 4.69) is 28.3 Å². The molecule has 0 bridgehead atoms. The summed E-state index contributed by atoms with van der Waals surface area (Å²) in [5.41, 5.74) is 3.34. The lowest BCUT2D eigenvalue weighted by Gasteiger charge is -2.34. The summed E-state index contributed by atoms with van der Waals surface area (Å²) >= 11 is 0. The van der Waals surface area contributed by atoms with Crippen molar-refractivity contribution in [2.45, 2.75) is 45.7 Å². The summed E-state index contributed by atoms with van der Waals surface area (Å²) in [6, 6.07) is 4.18. The van der Waals surface area contributed by atoms with Gasteiger partial charge in [-0.05, 0) is 44.0 Å². The Morgan fingerprint density at radius 3 is 2.75 bits per heavy atom. The van der Waals surface area contributed by atoms with Gasteiger partial charge in [-0.25, -0.2) is 4.98 Å². The molecule has 0 fully saturated rings. The first-order chi connectivity index (χ1) is 9.72. The molecule has 1 atom stereocenters. The molecule has 2 aromatic rings. The van der Waals surface area contributed by atoms with Crippen LogP contribution < -0.4 is 0 Å². The lowest BCUT2D eigenvalue weighted by atomic mass is 9.98. The molecule has 2 heterocycles. The number of rotatable bonds is 5. The summed E-state index contributed by atoms with van der Waals surface area (Å²) in [7, 11) is 0. The third-order valence-electron chi connectivity index (χ3n) is 4.18. The van der Waals surface area contributed by atoms with Crippen LogP contribution in [0.3, 0.4) is 0 Å². The number of hydrogen-bond acceptors (Lipinski definition) is 3. The Balaban J connectivity index is 1.93. The zero-order valence-electron chi connectivity index (χ0n) is 12.3. The molecule has 0 spiro atoms. The average Bonchev–Trinajstić information content (AvgIpc) is 2.82. The Morgan fingerprint density at radius 2 is 2.05 bits per heavy atom. The van der Waals surface area contributed by atoms with Crippen molar-refractivity contribution in [3.05, 3.63) is 24.0 Å². The van der Waals surface area contributed by atoms with Crippen LogP contribution in [0.4, 0.5) is 0 Å². The van der Waals surface area contributed by atoms with E-state index in [1.54, 1.807) is 6.07 Å². The first-order valence-corrected chi connectivity index (χ1v) is 7.63. The van der Waals surface area contributed by atoms with Gasteiger partial charge in [0.25, 0.3) is 0 Å². The smallest absolute Gasteiger partial charge is 0.118 e. The van der Waals surface area contributed by atoms with Gasteiger partial charge in [0, 0.05) is 18.7 Å². The standard InChI is InChI=1S/C16H23N3O/c1-3-5-18(6-4-2)13-7-12-8-14(20)9-15-16(12)19(10-13)11-17-15/h8-9,11,13,20H,3-7,10H2,1-2H3. The summed E-state index contributed by atoms with van der Waals surface area (Å²) in [4.78, 5) is 7.00. The van der Waals surface area contributed by atoms with E-state index in [9.17, 15) is 5.11 Å². The van der Waals surface area contributed by atoms with Crippen LogP contribution in [0.25, 0.3) is 11.0 Å². The molecule has 1 aliphatic rings. The van der Waals surface area contributed by atoms with Gasteiger partial charge in [-0.2, -0.15) is 0 Å². The molecule has 0 saturated heterocycles. The van der Waals surface area contributed by atoms with E-state index in [4.69, 9.17) is 0 Å². The highest BCUT2D eigenvalue weighted by Crippen LogP contribution is 2.30. The molecule has 1 unspecified atom stereocenters. The highest BCUT2D eigenvalue weighted by molar-refractivity contribution is 5.81. The Hall–Kier alpha value is -1.55. The first kappa shape index (κ1) is 13.4. The fourth-order valence-electron chi connectivity index (χ4n) is 3.42. The average molecular weight is 273 g/mol. The summed E-state index contributed by atoms with van der Waals surface area (Å²) in [6.07, 6.45) is 5.29. The molecule has 3 rings (SSSR count). The quantitative estimate of drug-likeness (QED) is 0.910. The van der Waals surface area contributed by atoms with Crippen molar-refractivity contribution in [3.8, 4) is 5.75 Å². The lowest BCUT2D eigenvalue weighted by molar-refractivity contribution is 0.174. The van der Waals surface area contributed by atoms with Crippen LogP contribution in [-0.4, -0.2) is 38.7 Å². The van der Waals surface area contributed by atoms with E-state index in [0.717, 1.165) is 31.6 Å². The fourth-order valence-corrected chi connectivity index (χ4v) is 3.42. The van der Waals surface area contributed by atoms with Crippen LogP contribution in [-0.2, 0) is 13.0 Å². The predicted molar refractivity (Wildman–Crippen MR) is 81.0 cm³/mol. The summed E-state index contributed by atoms with van der Waals surface area (Å²) < 4.78 is 2.25. The monoisotopic (exact) mass is 273 g/mol. The third kappa shape index (κ3) is 2.29. The predicted octanol–water partition coefficient (Wildman–Crippen LogP) is 2.79. The minimum atomic E-state index is 0.330. The van der Waals surface area contributed by atoms with Crippen molar-refractivity contribution < 1.29 is 5.11 Å². The van der Waals surface area contributed by atoms with Gasteiger partial charge in [-0.3, -0.25) is 4.90 Å². The number of benzene rings is 1. The molecule has 0 radical (unpaired) electrons. The second-order valence-corrected chi connectivity index (χ2v) is 5.76. The van der Waals surface area contributed by atoms with Gasteiger partial charge in [-0.15, -0.1) is 0 Å². The fraction of sp³-hybridized carbons (Fsp3) is 0.562. The van der Waals surface area contributed by atoms with Crippen LogP contribution in [0.15, 0.2) is 18.5 Å². The van der Waals surface area contributed by atoms with E-state index < -0.39 is 0 Å². The van der Waals surface area contributed by atoms with Crippen molar-refractivity contribution >= 4 is 11.0 Å². The Kier molecular flexibility index (Phi) is 3.66. The number of phenolic OH excluding ortho intramolecular Hbond substituents is 1.